The second-order valence-corrected chi connectivity index (χ2v) is 5.52. The first-order valence-corrected chi connectivity index (χ1v) is 7.69. The molecule has 2 aromatic heterocycles. The maximum Gasteiger partial charge on any atom is 0.283 e. The van der Waals surface area contributed by atoms with Crippen LogP contribution in [0.15, 0.2) is 35.4 Å². The number of nitrogens with one attached hydrogen (secondary N) is 1. The molecule has 0 unspecified atom stereocenters. The molecule has 0 fully saturated rings. The summed E-state index contributed by atoms with van der Waals surface area (Å²) in [5.74, 6) is -0.262. The number of aryl methyl sites for hydroxylation is 2. The molecule has 1 aromatic carbocycles. The Morgan fingerprint density at radius 1 is 1.25 bits per heavy atom. The largest absolute Gasteiger partial charge is 0.350 e. The zero-order chi connectivity index (χ0) is 17.1. The molecular formula is C16H18N6O2. The molecule has 24 heavy (non-hydrogen) atoms. The van der Waals surface area contributed by atoms with E-state index in [1.807, 2.05) is 38.1 Å². The predicted octanol–water partition coefficient (Wildman–Crippen LogP) is 0.633. The highest BCUT2D eigenvalue weighted by molar-refractivity contribution is 5.76. The van der Waals surface area contributed by atoms with E-state index in [1.165, 1.54) is 10.9 Å². The number of carbonyl (C=O) groups is 1. The fourth-order valence-electron chi connectivity index (χ4n) is 2.33. The van der Waals surface area contributed by atoms with Gasteiger partial charge in [-0.05, 0) is 19.4 Å². The highest BCUT2D eigenvalue weighted by atomic mass is 16.2. The molecule has 0 radical (unpaired) electrons. The number of benzene rings is 1. The van der Waals surface area contributed by atoms with E-state index < -0.39 is 0 Å². The molecule has 124 valence electrons. The van der Waals surface area contributed by atoms with Crippen LogP contribution < -0.4 is 10.9 Å². The van der Waals surface area contributed by atoms with Crippen molar-refractivity contribution in [1.82, 2.24) is 29.9 Å². The van der Waals surface area contributed by atoms with Crippen LogP contribution in [0, 0.1) is 6.92 Å². The van der Waals surface area contributed by atoms with Gasteiger partial charge in [-0.1, -0.05) is 35.0 Å². The standard InChI is InChI=1S/C16H18N6O2/c1-3-22-15-14(19-20-22)16(24)21(10-18-15)9-13(23)17-8-12-6-4-11(2)5-7-12/h4-7,10H,3,8-9H2,1-2H3,(H,17,23). The van der Waals surface area contributed by atoms with E-state index in [9.17, 15) is 9.59 Å². The topological polar surface area (TPSA) is 94.7 Å². The molecule has 0 spiro atoms. The third-order valence-corrected chi connectivity index (χ3v) is 3.72. The number of hydrogen-bond acceptors (Lipinski definition) is 5. The average Bonchev–Trinajstić information content (AvgIpc) is 3.01. The van der Waals surface area contributed by atoms with Crippen LogP contribution in [0.4, 0.5) is 0 Å². The van der Waals surface area contributed by atoms with Crippen molar-refractivity contribution in [1.29, 1.82) is 0 Å². The highest BCUT2D eigenvalue weighted by Gasteiger charge is 2.12. The van der Waals surface area contributed by atoms with Gasteiger partial charge in [-0.15, -0.1) is 5.10 Å². The van der Waals surface area contributed by atoms with Crippen LogP contribution in [-0.2, 0) is 24.4 Å². The van der Waals surface area contributed by atoms with Crippen molar-refractivity contribution < 1.29 is 4.79 Å². The summed E-state index contributed by atoms with van der Waals surface area (Å²) >= 11 is 0. The molecule has 8 heteroatoms. The predicted molar refractivity (Wildman–Crippen MR) is 88.3 cm³/mol. The van der Waals surface area contributed by atoms with Gasteiger partial charge >= 0.3 is 0 Å². The lowest BCUT2D eigenvalue weighted by Crippen LogP contribution is -2.32. The summed E-state index contributed by atoms with van der Waals surface area (Å²) < 4.78 is 2.78. The summed E-state index contributed by atoms with van der Waals surface area (Å²) in [7, 11) is 0. The van der Waals surface area contributed by atoms with Crippen molar-refractivity contribution in [2.24, 2.45) is 0 Å². The van der Waals surface area contributed by atoms with Crippen LogP contribution >= 0.6 is 0 Å². The lowest BCUT2D eigenvalue weighted by molar-refractivity contribution is -0.121. The lowest BCUT2D eigenvalue weighted by atomic mass is 10.1. The molecular weight excluding hydrogens is 308 g/mol. The van der Waals surface area contributed by atoms with Crippen molar-refractivity contribution in [2.45, 2.75) is 33.5 Å². The Morgan fingerprint density at radius 3 is 2.71 bits per heavy atom. The van der Waals surface area contributed by atoms with Gasteiger partial charge in [-0.2, -0.15) is 0 Å². The molecule has 1 N–H and O–H groups in total. The van der Waals surface area contributed by atoms with Gasteiger partial charge in [0.1, 0.15) is 12.9 Å². The van der Waals surface area contributed by atoms with Crippen LogP contribution in [-0.4, -0.2) is 30.5 Å². The molecule has 0 aliphatic rings. The van der Waals surface area contributed by atoms with Crippen LogP contribution in [0.3, 0.4) is 0 Å². The minimum absolute atomic E-state index is 0.105. The Morgan fingerprint density at radius 2 is 2.00 bits per heavy atom. The van der Waals surface area contributed by atoms with Gasteiger partial charge in [-0.25, -0.2) is 9.67 Å². The Hall–Kier alpha value is -3.03. The molecule has 2 heterocycles. The number of amides is 1. The minimum atomic E-state index is -0.370. The first-order valence-electron chi connectivity index (χ1n) is 7.69. The number of aromatic nitrogens is 5. The summed E-state index contributed by atoms with van der Waals surface area (Å²) in [5, 5.41) is 10.5. The third kappa shape index (κ3) is 3.17. The fourth-order valence-corrected chi connectivity index (χ4v) is 2.33. The van der Waals surface area contributed by atoms with Crippen molar-refractivity contribution in [2.75, 3.05) is 0 Å². The van der Waals surface area contributed by atoms with E-state index in [1.54, 1.807) is 4.68 Å². The molecule has 0 aliphatic heterocycles. The maximum atomic E-state index is 12.3. The zero-order valence-electron chi connectivity index (χ0n) is 13.6. The number of nitrogens with zero attached hydrogens (tertiary/aromatic N) is 5. The molecule has 3 rings (SSSR count). The number of carbonyl (C=O) groups excluding carboxylic acids is 1. The van der Waals surface area contributed by atoms with Gasteiger partial charge < -0.3 is 5.32 Å². The van der Waals surface area contributed by atoms with Gasteiger partial charge in [0.25, 0.3) is 5.56 Å². The summed E-state index contributed by atoms with van der Waals surface area (Å²) in [6, 6.07) is 7.89. The molecule has 3 aromatic rings. The smallest absolute Gasteiger partial charge is 0.283 e. The minimum Gasteiger partial charge on any atom is -0.350 e. The van der Waals surface area contributed by atoms with E-state index in [0.29, 0.717) is 18.7 Å². The van der Waals surface area contributed by atoms with E-state index in [-0.39, 0.29) is 23.5 Å². The van der Waals surface area contributed by atoms with Crippen LogP contribution in [0.25, 0.3) is 11.2 Å². The van der Waals surface area contributed by atoms with Gasteiger partial charge in [-0.3, -0.25) is 14.2 Å². The third-order valence-electron chi connectivity index (χ3n) is 3.72. The molecule has 1 amide bonds. The molecule has 0 aliphatic carbocycles. The summed E-state index contributed by atoms with van der Waals surface area (Å²) in [6.07, 6.45) is 1.35. The quantitative estimate of drug-likeness (QED) is 0.742. The number of fused-ring (bicyclic) bond motifs is 1. The maximum absolute atomic E-state index is 12.3. The first kappa shape index (κ1) is 15.9. The Kier molecular flexibility index (Phi) is 4.37. The highest BCUT2D eigenvalue weighted by Crippen LogP contribution is 2.03. The summed E-state index contributed by atoms with van der Waals surface area (Å²) in [6.45, 7) is 4.78. The summed E-state index contributed by atoms with van der Waals surface area (Å²) in [5.41, 5.74) is 2.39. The molecule has 0 atom stereocenters. The molecule has 0 saturated heterocycles. The van der Waals surface area contributed by atoms with Crippen LogP contribution in [0.1, 0.15) is 18.1 Å². The van der Waals surface area contributed by atoms with E-state index in [0.717, 1.165) is 11.1 Å². The van der Waals surface area contributed by atoms with Crippen LogP contribution in [0.5, 0.6) is 0 Å². The Bertz CT molecular complexity index is 926. The monoisotopic (exact) mass is 326 g/mol. The second kappa shape index (κ2) is 6.61. The number of hydrogen-bond donors (Lipinski definition) is 1. The summed E-state index contributed by atoms with van der Waals surface area (Å²) in [4.78, 5) is 28.6. The lowest BCUT2D eigenvalue weighted by Gasteiger charge is -2.07. The van der Waals surface area contributed by atoms with E-state index >= 15 is 0 Å². The first-order chi connectivity index (χ1) is 11.6. The number of rotatable bonds is 5. The van der Waals surface area contributed by atoms with Gasteiger partial charge in [0.2, 0.25) is 5.91 Å². The average molecular weight is 326 g/mol. The van der Waals surface area contributed by atoms with Gasteiger partial charge in [0.15, 0.2) is 11.2 Å². The van der Waals surface area contributed by atoms with Crippen molar-refractivity contribution in [3.05, 3.63) is 52.1 Å². The van der Waals surface area contributed by atoms with Crippen molar-refractivity contribution >= 4 is 17.1 Å². The zero-order valence-corrected chi connectivity index (χ0v) is 13.6. The van der Waals surface area contributed by atoms with E-state index in [4.69, 9.17) is 0 Å². The van der Waals surface area contributed by atoms with E-state index in [2.05, 4.69) is 20.6 Å². The van der Waals surface area contributed by atoms with Gasteiger partial charge in [0.05, 0.1) is 0 Å². The molecule has 0 bridgehead atoms. The Labute approximate surface area is 138 Å². The van der Waals surface area contributed by atoms with Crippen LogP contribution in [0.2, 0.25) is 0 Å². The molecule has 0 saturated carbocycles. The Balaban J connectivity index is 1.70. The second-order valence-electron chi connectivity index (χ2n) is 5.52. The normalized spacial score (nSPS) is 10.9. The van der Waals surface area contributed by atoms with Crippen molar-refractivity contribution in [3.63, 3.8) is 0 Å². The van der Waals surface area contributed by atoms with Gasteiger partial charge in [0, 0.05) is 13.1 Å². The molecule has 8 nitrogen and oxygen atoms in total. The van der Waals surface area contributed by atoms with Crippen molar-refractivity contribution in [3.8, 4) is 0 Å². The SMILES string of the molecule is CCn1nnc2c(=O)n(CC(=O)NCc3ccc(C)cc3)cnc21. The fraction of sp³-hybridized carbons (Fsp3) is 0.312.